The number of carbonyl (C=O) groups excluding carboxylic acids is 1. The maximum atomic E-state index is 11.8. The van der Waals surface area contributed by atoms with Crippen molar-refractivity contribution in [3.05, 3.63) is 34.9 Å². The van der Waals surface area contributed by atoms with E-state index in [1.54, 1.807) is 24.3 Å². The second-order valence-electron chi connectivity index (χ2n) is 4.23. The van der Waals surface area contributed by atoms with Gasteiger partial charge in [-0.2, -0.15) is 0 Å². The van der Waals surface area contributed by atoms with Crippen LogP contribution >= 0.6 is 11.6 Å². The smallest absolute Gasteiger partial charge is 0.251 e. The van der Waals surface area contributed by atoms with E-state index in [0.29, 0.717) is 10.6 Å². The Morgan fingerprint density at radius 1 is 1.44 bits per heavy atom. The van der Waals surface area contributed by atoms with E-state index in [9.17, 15) is 4.79 Å². The zero-order valence-corrected chi connectivity index (χ0v) is 10.00. The van der Waals surface area contributed by atoms with Gasteiger partial charge in [0.2, 0.25) is 0 Å². The molecule has 0 unspecified atom stereocenters. The Morgan fingerprint density at radius 3 is 2.69 bits per heavy atom. The number of carbonyl (C=O) groups is 1. The van der Waals surface area contributed by atoms with Crippen LogP contribution in [0.3, 0.4) is 0 Å². The van der Waals surface area contributed by atoms with Crippen LogP contribution in [0, 0.1) is 0 Å². The average molecular weight is 239 g/mol. The minimum atomic E-state index is -0.0167. The van der Waals surface area contributed by atoms with Crippen LogP contribution in [-0.2, 0) is 0 Å². The summed E-state index contributed by atoms with van der Waals surface area (Å²) in [7, 11) is 2.06. The number of hydrogen-bond donors (Lipinski definition) is 1. The van der Waals surface area contributed by atoms with E-state index >= 15 is 0 Å². The molecule has 1 heterocycles. The Hall–Kier alpha value is -1.06. The fraction of sp³-hybridized carbons (Fsp3) is 0.417. The second kappa shape index (κ2) is 4.85. The third kappa shape index (κ3) is 2.74. The van der Waals surface area contributed by atoms with E-state index in [4.69, 9.17) is 11.6 Å². The lowest BCUT2D eigenvalue weighted by Crippen LogP contribution is -2.36. The summed E-state index contributed by atoms with van der Waals surface area (Å²) in [5.74, 6) is -0.0167. The number of likely N-dealkylation sites (N-methyl/N-ethyl adjacent to an activating group) is 1. The van der Waals surface area contributed by atoms with Gasteiger partial charge in [0.05, 0.1) is 0 Å². The summed E-state index contributed by atoms with van der Waals surface area (Å²) < 4.78 is 0. The highest BCUT2D eigenvalue weighted by Crippen LogP contribution is 2.11. The molecule has 1 saturated heterocycles. The van der Waals surface area contributed by atoms with Crippen molar-refractivity contribution in [3.8, 4) is 0 Å². The molecular formula is C12H15ClN2O. The largest absolute Gasteiger partial charge is 0.348 e. The van der Waals surface area contributed by atoms with Gasteiger partial charge in [-0.3, -0.25) is 4.79 Å². The van der Waals surface area contributed by atoms with Crippen LogP contribution < -0.4 is 5.32 Å². The monoisotopic (exact) mass is 238 g/mol. The summed E-state index contributed by atoms with van der Waals surface area (Å²) >= 11 is 5.77. The topological polar surface area (TPSA) is 32.3 Å². The molecular weight excluding hydrogens is 224 g/mol. The van der Waals surface area contributed by atoms with Crippen LogP contribution in [-0.4, -0.2) is 37.0 Å². The van der Waals surface area contributed by atoms with Gasteiger partial charge < -0.3 is 10.2 Å². The van der Waals surface area contributed by atoms with Crippen LogP contribution in [0.5, 0.6) is 0 Å². The standard InChI is InChI=1S/C12H15ClN2O/c1-15-7-6-11(8-15)14-12(16)9-2-4-10(13)5-3-9/h2-5,11H,6-8H2,1H3,(H,14,16)/t11-/m0/s1. The van der Waals surface area contributed by atoms with Gasteiger partial charge in [-0.15, -0.1) is 0 Å². The number of benzene rings is 1. The van der Waals surface area contributed by atoms with Crippen molar-refractivity contribution in [1.29, 1.82) is 0 Å². The van der Waals surface area contributed by atoms with Gasteiger partial charge >= 0.3 is 0 Å². The minimum Gasteiger partial charge on any atom is -0.348 e. The Morgan fingerprint density at radius 2 is 2.12 bits per heavy atom. The zero-order valence-electron chi connectivity index (χ0n) is 9.24. The molecule has 16 heavy (non-hydrogen) atoms. The maximum absolute atomic E-state index is 11.8. The molecule has 1 aliphatic heterocycles. The molecule has 0 radical (unpaired) electrons. The SMILES string of the molecule is CN1CC[C@H](NC(=O)c2ccc(Cl)cc2)C1. The zero-order chi connectivity index (χ0) is 11.5. The first kappa shape index (κ1) is 11.4. The van der Waals surface area contributed by atoms with Crippen molar-refractivity contribution in [2.45, 2.75) is 12.5 Å². The summed E-state index contributed by atoms with van der Waals surface area (Å²) in [6.45, 7) is 1.98. The van der Waals surface area contributed by atoms with Crippen LogP contribution in [0.4, 0.5) is 0 Å². The molecule has 1 amide bonds. The summed E-state index contributed by atoms with van der Waals surface area (Å²) in [4.78, 5) is 14.1. The van der Waals surface area contributed by atoms with E-state index in [1.807, 2.05) is 0 Å². The first-order valence-electron chi connectivity index (χ1n) is 5.40. The molecule has 86 valence electrons. The third-order valence-corrected chi connectivity index (χ3v) is 3.08. The Labute approximate surface area is 100 Å². The molecule has 1 atom stereocenters. The normalized spacial score (nSPS) is 21.0. The van der Waals surface area contributed by atoms with Crippen LogP contribution in [0.15, 0.2) is 24.3 Å². The number of nitrogens with zero attached hydrogens (tertiary/aromatic N) is 1. The first-order chi connectivity index (χ1) is 7.65. The van der Waals surface area contributed by atoms with E-state index in [2.05, 4.69) is 17.3 Å². The lowest BCUT2D eigenvalue weighted by Gasteiger charge is -2.12. The van der Waals surface area contributed by atoms with Gasteiger partial charge in [0.25, 0.3) is 5.91 Å². The second-order valence-corrected chi connectivity index (χ2v) is 4.66. The average Bonchev–Trinajstić information content (AvgIpc) is 2.65. The van der Waals surface area contributed by atoms with Gasteiger partial charge in [0.15, 0.2) is 0 Å². The fourth-order valence-corrected chi connectivity index (χ4v) is 2.05. The van der Waals surface area contributed by atoms with Crippen LogP contribution in [0.25, 0.3) is 0 Å². The van der Waals surface area contributed by atoms with Crippen molar-refractivity contribution in [2.75, 3.05) is 20.1 Å². The molecule has 1 fully saturated rings. The Bertz CT molecular complexity index is 377. The predicted molar refractivity (Wildman–Crippen MR) is 64.8 cm³/mol. The maximum Gasteiger partial charge on any atom is 0.251 e. The van der Waals surface area contributed by atoms with Gasteiger partial charge in [-0.05, 0) is 44.3 Å². The van der Waals surface area contributed by atoms with Crippen LogP contribution in [0.1, 0.15) is 16.8 Å². The lowest BCUT2D eigenvalue weighted by molar-refractivity contribution is 0.0938. The van der Waals surface area contributed by atoms with Crippen molar-refractivity contribution in [2.24, 2.45) is 0 Å². The molecule has 1 aliphatic rings. The van der Waals surface area contributed by atoms with E-state index in [1.165, 1.54) is 0 Å². The predicted octanol–water partition coefficient (Wildman–Crippen LogP) is 1.77. The highest BCUT2D eigenvalue weighted by Gasteiger charge is 2.21. The van der Waals surface area contributed by atoms with E-state index in [-0.39, 0.29) is 11.9 Å². The first-order valence-corrected chi connectivity index (χ1v) is 5.78. The molecule has 4 heteroatoms. The lowest BCUT2D eigenvalue weighted by atomic mass is 10.2. The molecule has 1 aromatic carbocycles. The molecule has 0 aliphatic carbocycles. The number of hydrogen-bond acceptors (Lipinski definition) is 2. The van der Waals surface area contributed by atoms with Crippen LogP contribution in [0.2, 0.25) is 5.02 Å². The summed E-state index contributed by atoms with van der Waals surface area (Å²) in [5.41, 5.74) is 0.666. The third-order valence-electron chi connectivity index (χ3n) is 2.83. The molecule has 3 nitrogen and oxygen atoms in total. The van der Waals surface area contributed by atoms with E-state index in [0.717, 1.165) is 19.5 Å². The fourth-order valence-electron chi connectivity index (χ4n) is 1.92. The Kier molecular flexibility index (Phi) is 3.46. The summed E-state index contributed by atoms with van der Waals surface area (Å²) in [6.07, 6.45) is 1.02. The highest BCUT2D eigenvalue weighted by molar-refractivity contribution is 6.30. The number of likely N-dealkylation sites (tertiary alicyclic amines) is 1. The molecule has 1 N–H and O–H groups in total. The number of rotatable bonds is 2. The minimum absolute atomic E-state index is 0.0167. The molecule has 2 rings (SSSR count). The summed E-state index contributed by atoms with van der Waals surface area (Å²) in [5, 5.41) is 3.67. The molecule has 1 aromatic rings. The number of nitrogens with one attached hydrogen (secondary N) is 1. The van der Waals surface area contributed by atoms with E-state index < -0.39 is 0 Å². The number of amides is 1. The summed E-state index contributed by atoms with van der Waals surface area (Å²) in [6, 6.07) is 7.23. The molecule has 0 saturated carbocycles. The molecule has 0 aromatic heterocycles. The van der Waals surface area contributed by atoms with Crippen molar-refractivity contribution >= 4 is 17.5 Å². The molecule has 0 spiro atoms. The number of halogens is 1. The van der Waals surface area contributed by atoms with Gasteiger partial charge in [-0.25, -0.2) is 0 Å². The van der Waals surface area contributed by atoms with Crippen molar-refractivity contribution in [1.82, 2.24) is 10.2 Å². The van der Waals surface area contributed by atoms with Crippen molar-refractivity contribution in [3.63, 3.8) is 0 Å². The van der Waals surface area contributed by atoms with Gasteiger partial charge in [0.1, 0.15) is 0 Å². The van der Waals surface area contributed by atoms with Gasteiger partial charge in [-0.1, -0.05) is 11.6 Å². The van der Waals surface area contributed by atoms with Crippen molar-refractivity contribution < 1.29 is 4.79 Å². The molecule has 0 bridgehead atoms. The Balaban J connectivity index is 1.95. The highest BCUT2D eigenvalue weighted by atomic mass is 35.5. The van der Waals surface area contributed by atoms with Gasteiger partial charge in [0, 0.05) is 23.2 Å². The quantitative estimate of drug-likeness (QED) is 0.852.